The van der Waals surface area contributed by atoms with Gasteiger partial charge >= 0.3 is 0 Å². The van der Waals surface area contributed by atoms with E-state index in [1.807, 2.05) is 0 Å². The van der Waals surface area contributed by atoms with Gasteiger partial charge in [-0.15, -0.1) is 0 Å². The van der Waals surface area contributed by atoms with E-state index in [1.54, 1.807) is 6.92 Å². The van der Waals surface area contributed by atoms with Gasteiger partial charge in [0.1, 0.15) is 18.3 Å². The largest absolute Gasteiger partial charge is 0.385 e. The molecule has 2 fully saturated rings. The fourth-order valence-electron chi connectivity index (χ4n) is 1.75. The van der Waals surface area contributed by atoms with Crippen LogP contribution in [0.1, 0.15) is 6.92 Å². The molecule has 5 nitrogen and oxygen atoms in total. The molecule has 0 aromatic rings. The van der Waals surface area contributed by atoms with Gasteiger partial charge in [-0.3, -0.25) is 0 Å². The van der Waals surface area contributed by atoms with Gasteiger partial charge in [0.25, 0.3) is 0 Å². The Balaban J connectivity index is 2.03. The minimum absolute atomic E-state index is 0.170. The monoisotopic (exact) mass is 190 g/mol. The van der Waals surface area contributed by atoms with Gasteiger partial charge < -0.3 is 24.1 Å². The predicted molar refractivity (Wildman–Crippen MR) is 42.0 cm³/mol. The molecule has 76 valence electrons. The number of fused-ring (bicyclic) bond motifs is 1. The number of methoxy groups -OCH3 is 1. The van der Waals surface area contributed by atoms with Crippen LogP contribution in [0.25, 0.3) is 0 Å². The van der Waals surface area contributed by atoms with Crippen LogP contribution in [0, 0.1) is 0 Å². The first kappa shape index (κ1) is 9.36. The number of ether oxygens (including phenoxy) is 4. The van der Waals surface area contributed by atoms with Crippen molar-refractivity contribution in [1.82, 2.24) is 0 Å². The zero-order valence-electron chi connectivity index (χ0n) is 7.67. The van der Waals surface area contributed by atoms with E-state index in [9.17, 15) is 5.11 Å². The molecule has 0 aromatic heterocycles. The molecule has 1 N–H and O–H groups in total. The maximum atomic E-state index is 9.70. The molecule has 0 radical (unpaired) electrons. The second kappa shape index (κ2) is 3.51. The lowest BCUT2D eigenvalue weighted by molar-refractivity contribution is -0.241. The van der Waals surface area contributed by atoms with Crippen molar-refractivity contribution in [2.24, 2.45) is 0 Å². The standard InChI is InChI=1S/C8H14O5/c1-4-12-5-3-11-8(10-2)6(9)7(5)13-4/h4-9H,3H2,1-2H3/t4-,5-,6+,7-,8-/m0/s1. The summed E-state index contributed by atoms with van der Waals surface area (Å²) in [4.78, 5) is 0. The number of aliphatic hydroxyl groups excluding tert-OH is 1. The summed E-state index contributed by atoms with van der Waals surface area (Å²) in [5, 5.41) is 9.70. The van der Waals surface area contributed by atoms with E-state index < -0.39 is 12.4 Å². The van der Waals surface area contributed by atoms with Crippen molar-refractivity contribution in [2.45, 2.75) is 37.8 Å². The fraction of sp³-hybridized carbons (Fsp3) is 1.00. The van der Waals surface area contributed by atoms with Crippen molar-refractivity contribution in [3.05, 3.63) is 0 Å². The Morgan fingerprint density at radius 2 is 2.15 bits per heavy atom. The van der Waals surface area contributed by atoms with Gasteiger partial charge in [0.2, 0.25) is 0 Å². The smallest absolute Gasteiger partial charge is 0.185 e. The van der Waals surface area contributed by atoms with Gasteiger partial charge in [0, 0.05) is 7.11 Å². The van der Waals surface area contributed by atoms with E-state index in [2.05, 4.69) is 0 Å². The molecule has 13 heavy (non-hydrogen) atoms. The predicted octanol–water partition coefficient (Wildman–Crippen LogP) is -0.520. The molecule has 0 saturated carbocycles. The number of aliphatic hydroxyl groups is 1. The molecule has 2 rings (SSSR count). The first-order valence-corrected chi connectivity index (χ1v) is 4.35. The lowest BCUT2D eigenvalue weighted by Gasteiger charge is -2.33. The molecule has 2 heterocycles. The molecule has 2 aliphatic heterocycles. The van der Waals surface area contributed by atoms with E-state index >= 15 is 0 Å². The summed E-state index contributed by atoms with van der Waals surface area (Å²) in [7, 11) is 1.49. The summed E-state index contributed by atoms with van der Waals surface area (Å²) < 4.78 is 20.9. The van der Waals surface area contributed by atoms with Gasteiger partial charge in [0.15, 0.2) is 12.6 Å². The summed E-state index contributed by atoms with van der Waals surface area (Å²) >= 11 is 0. The topological polar surface area (TPSA) is 57.2 Å². The maximum Gasteiger partial charge on any atom is 0.185 e. The summed E-state index contributed by atoms with van der Waals surface area (Å²) in [5.41, 5.74) is 0. The fourth-order valence-corrected chi connectivity index (χ4v) is 1.75. The first-order chi connectivity index (χ1) is 6.22. The van der Waals surface area contributed by atoms with Crippen molar-refractivity contribution >= 4 is 0 Å². The highest BCUT2D eigenvalue weighted by molar-refractivity contribution is 4.88. The number of hydrogen-bond donors (Lipinski definition) is 1. The minimum Gasteiger partial charge on any atom is -0.385 e. The highest BCUT2D eigenvalue weighted by Crippen LogP contribution is 2.28. The van der Waals surface area contributed by atoms with E-state index in [1.165, 1.54) is 7.11 Å². The molecule has 0 aromatic carbocycles. The van der Waals surface area contributed by atoms with Crippen LogP contribution >= 0.6 is 0 Å². The van der Waals surface area contributed by atoms with E-state index in [4.69, 9.17) is 18.9 Å². The van der Waals surface area contributed by atoms with Gasteiger partial charge in [-0.25, -0.2) is 0 Å². The Morgan fingerprint density at radius 1 is 1.38 bits per heavy atom. The lowest BCUT2D eigenvalue weighted by atomic mass is 10.1. The first-order valence-electron chi connectivity index (χ1n) is 4.35. The van der Waals surface area contributed by atoms with Gasteiger partial charge in [-0.1, -0.05) is 0 Å². The quantitative estimate of drug-likeness (QED) is 0.603. The third-order valence-electron chi connectivity index (χ3n) is 2.35. The van der Waals surface area contributed by atoms with Crippen LogP contribution in [0.5, 0.6) is 0 Å². The molecule has 0 spiro atoms. The molecule has 2 saturated heterocycles. The van der Waals surface area contributed by atoms with Crippen LogP contribution < -0.4 is 0 Å². The molecule has 0 amide bonds. The molecule has 5 heteroatoms. The Labute approximate surface area is 76.5 Å². The average molecular weight is 190 g/mol. The average Bonchev–Trinajstić information content (AvgIpc) is 2.47. The van der Waals surface area contributed by atoms with Crippen LogP contribution in [-0.2, 0) is 18.9 Å². The normalized spacial score (nSPS) is 50.5. The van der Waals surface area contributed by atoms with Crippen LogP contribution in [0.4, 0.5) is 0 Å². The number of hydrogen-bond acceptors (Lipinski definition) is 5. The van der Waals surface area contributed by atoms with Gasteiger partial charge in [-0.2, -0.15) is 0 Å². The van der Waals surface area contributed by atoms with E-state index in [-0.39, 0.29) is 18.5 Å². The van der Waals surface area contributed by atoms with Crippen LogP contribution in [-0.4, -0.2) is 49.7 Å². The SMILES string of the molecule is CO[C@H]1OC[C@@H]2O[C@H](C)O[C@@H]2[C@H]1O. The summed E-state index contributed by atoms with van der Waals surface area (Å²) in [6.07, 6.45) is -2.14. The van der Waals surface area contributed by atoms with Gasteiger partial charge in [-0.05, 0) is 6.92 Å². The van der Waals surface area contributed by atoms with Crippen LogP contribution in [0.3, 0.4) is 0 Å². The second-order valence-corrected chi connectivity index (χ2v) is 3.27. The zero-order chi connectivity index (χ0) is 9.42. The minimum atomic E-state index is -0.770. The Bertz CT molecular complexity index is 185. The molecule has 5 atom stereocenters. The maximum absolute atomic E-state index is 9.70. The number of rotatable bonds is 1. The Morgan fingerprint density at radius 3 is 2.85 bits per heavy atom. The molecule has 0 aliphatic carbocycles. The van der Waals surface area contributed by atoms with Gasteiger partial charge in [0.05, 0.1) is 6.61 Å². The molecule has 0 bridgehead atoms. The zero-order valence-corrected chi connectivity index (χ0v) is 7.67. The van der Waals surface area contributed by atoms with Crippen molar-refractivity contribution < 1.29 is 24.1 Å². The third kappa shape index (κ3) is 1.58. The lowest BCUT2D eigenvalue weighted by Crippen LogP contribution is -2.52. The molecular formula is C8H14O5. The van der Waals surface area contributed by atoms with Crippen LogP contribution in [0.2, 0.25) is 0 Å². The summed E-state index contributed by atoms with van der Waals surface area (Å²) in [6.45, 7) is 2.21. The van der Waals surface area contributed by atoms with E-state index in [0.717, 1.165) is 0 Å². The Hall–Kier alpha value is -0.200. The molecule has 0 unspecified atom stereocenters. The highest BCUT2D eigenvalue weighted by Gasteiger charge is 2.46. The highest BCUT2D eigenvalue weighted by atomic mass is 16.8. The van der Waals surface area contributed by atoms with Crippen molar-refractivity contribution in [1.29, 1.82) is 0 Å². The second-order valence-electron chi connectivity index (χ2n) is 3.27. The van der Waals surface area contributed by atoms with Crippen molar-refractivity contribution in [3.8, 4) is 0 Å². The molecular weight excluding hydrogens is 176 g/mol. The van der Waals surface area contributed by atoms with Crippen molar-refractivity contribution in [2.75, 3.05) is 13.7 Å². The van der Waals surface area contributed by atoms with E-state index in [0.29, 0.717) is 6.61 Å². The summed E-state index contributed by atoms with van der Waals surface area (Å²) in [6, 6.07) is 0. The Kier molecular flexibility index (Phi) is 2.53. The third-order valence-corrected chi connectivity index (χ3v) is 2.35. The van der Waals surface area contributed by atoms with Crippen molar-refractivity contribution in [3.63, 3.8) is 0 Å². The van der Waals surface area contributed by atoms with Crippen LogP contribution in [0.15, 0.2) is 0 Å². The molecule has 2 aliphatic rings. The summed E-state index contributed by atoms with van der Waals surface area (Å²) in [5.74, 6) is 0.